The molecule has 0 aliphatic heterocycles. The quantitative estimate of drug-likeness (QED) is 0.262. The van der Waals surface area contributed by atoms with E-state index in [1.165, 1.54) is 0 Å². The second-order valence-electron chi connectivity index (χ2n) is 5.16. The van der Waals surface area contributed by atoms with Gasteiger partial charge in [-0.05, 0) is 38.0 Å². The number of aliphatic imine (C=N–C) groups is 1. The Kier molecular flexibility index (Phi) is 12.6. The first-order valence-electron chi connectivity index (χ1n) is 8.13. The van der Waals surface area contributed by atoms with E-state index in [-0.39, 0.29) is 29.8 Å². The number of hydrogen-bond acceptors (Lipinski definition) is 3. The predicted octanol–water partition coefficient (Wildman–Crippen LogP) is 2.99. The molecule has 0 heterocycles. The third kappa shape index (κ3) is 7.65. The van der Waals surface area contributed by atoms with Crippen LogP contribution in [0, 0.1) is 5.82 Å². The molecule has 5 nitrogen and oxygen atoms in total. The largest absolute Gasteiger partial charge is 0.385 e. The predicted molar refractivity (Wildman–Crippen MR) is 110 cm³/mol. The molecular formula is C17H30FIN4O. The fraction of sp³-hybridized carbons (Fsp3) is 0.588. The van der Waals surface area contributed by atoms with Gasteiger partial charge in [0.05, 0.1) is 5.69 Å². The average molecular weight is 452 g/mol. The Morgan fingerprint density at radius 2 is 1.96 bits per heavy atom. The van der Waals surface area contributed by atoms with Gasteiger partial charge in [-0.2, -0.15) is 0 Å². The molecule has 0 bridgehead atoms. The van der Waals surface area contributed by atoms with E-state index in [1.54, 1.807) is 20.2 Å². The molecule has 7 heteroatoms. The molecule has 0 atom stereocenters. The molecule has 0 aliphatic carbocycles. The molecule has 0 aliphatic rings. The van der Waals surface area contributed by atoms with Crippen LogP contribution in [0.5, 0.6) is 0 Å². The summed E-state index contributed by atoms with van der Waals surface area (Å²) in [5.74, 6) is 0.519. The maximum atomic E-state index is 14.2. The zero-order valence-electron chi connectivity index (χ0n) is 15.1. The van der Waals surface area contributed by atoms with E-state index in [0.717, 1.165) is 31.6 Å². The molecule has 24 heavy (non-hydrogen) atoms. The lowest BCUT2D eigenvalue weighted by Crippen LogP contribution is -2.37. The van der Waals surface area contributed by atoms with Crippen molar-refractivity contribution in [1.29, 1.82) is 0 Å². The van der Waals surface area contributed by atoms with Gasteiger partial charge in [0, 0.05) is 46.9 Å². The second-order valence-corrected chi connectivity index (χ2v) is 5.16. The fourth-order valence-electron chi connectivity index (χ4n) is 2.31. The Morgan fingerprint density at radius 3 is 2.50 bits per heavy atom. The summed E-state index contributed by atoms with van der Waals surface area (Å²) < 4.78 is 19.2. The first-order valence-corrected chi connectivity index (χ1v) is 8.13. The van der Waals surface area contributed by atoms with E-state index < -0.39 is 0 Å². The molecule has 0 unspecified atom stereocenters. The van der Waals surface area contributed by atoms with Crippen molar-refractivity contribution in [3.05, 3.63) is 29.6 Å². The van der Waals surface area contributed by atoms with Gasteiger partial charge in [0.2, 0.25) is 0 Å². The van der Waals surface area contributed by atoms with Gasteiger partial charge in [-0.3, -0.25) is 4.99 Å². The molecule has 2 N–H and O–H groups in total. The smallest absolute Gasteiger partial charge is 0.191 e. The Bertz CT molecular complexity index is 495. The van der Waals surface area contributed by atoms with Crippen LogP contribution in [-0.4, -0.2) is 46.4 Å². The van der Waals surface area contributed by atoms with Crippen molar-refractivity contribution in [3.63, 3.8) is 0 Å². The molecule has 0 spiro atoms. The summed E-state index contributed by atoms with van der Waals surface area (Å²) >= 11 is 0. The van der Waals surface area contributed by atoms with Gasteiger partial charge in [0.1, 0.15) is 5.82 Å². The van der Waals surface area contributed by atoms with Gasteiger partial charge < -0.3 is 20.3 Å². The van der Waals surface area contributed by atoms with Gasteiger partial charge in [0.25, 0.3) is 0 Å². The average Bonchev–Trinajstić information content (AvgIpc) is 2.57. The molecule has 0 saturated carbocycles. The maximum Gasteiger partial charge on any atom is 0.191 e. The van der Waals surface area contributed by atoms with Crippen molar-refractivity contribution in [3.8, 4) is 0 Å². The molecule has 0 amide bonds. The highest BCUT2D eigenvalue weighted by atomic mass is 127. The molecule has 0 fully saturated rings. The lowest BCUT2D eigenvalue weighted by molar-refractivity contribution is 0.195. The van der Waals surface area contributed by atoms with E-state index in [9.17, 15) is 4.39 Å². The molecule has 1 aromatic rings. The summed E-state index contributed by atoms with van der Waals surface area (Å²) in [5.41, 5.74) is 1.54. The summed E-state index contributed by atoms with van der Waals surface area (Å²) in [6.45, 7) is 7.66. The second kappa shape index (κ2) is 13.2. The molecular weight excluding hydrogens is 422 g/mol. The molecule has 1 aromatic carbocycles. The Hall–Kier alpha value is -1.09. The minimum atomic E-state index is -0.184. The topological polar surface area (TPSA) is 48.9 Å². The highest BCUT2D eigenvalue weighted by Crippen LogP contribution is 2.20. The van der Waals surface area contributed by atoms with Crippen LogP contribution in [0.1, 0.15) is 25.8 Å². The standard InChI is InChI=1S/C17H29FN4O.HI/c1-5-22(6-2)16-9-8-14(12-15(16)18)13-21-17(19-3)20-10-7-11-23-4;/h8-9,12H,5-7,10-11,13H2,1-4H3,(H2,19,20,21);1H. The van der Waals surface area contributed by atoms with Crippen molar-refractivity contribution in [2.24, 2.45) is 4.99 Å². The lowest BCUT2D eigenvalue weighted by Gasteiger charge is -2.22. The number of hydrogen-bond donors (Lipinski definition) is 2. The van der Waals surface area contributed by atoms with Gasteiger partial charge in [-0.15, -0.1) is 24.0 Å². The van der Waals surface area contributed by atoms with Gasteiger partial charge in [-0.1, -0.05) is 6.07 Å². The zero-order valence-corrected chi connectivity index (χ0v) is 17.4. The van der Waals surface area contributed by atoms with Gasteiger partial charge >= 0.3 is 0 Å². The Balaban J connectivity index is 0.00000529. The van der Waals surface area contributed by atoms with Crippen LogP contribution in [0.15, 0.2) is 23.2 Å². The van der Waals surface area contributed by atoms with E-state index in [1.807, 2.05) is 30.9 Å². The number of guanidine groups is 1. The van der Waals surface area contributed by atoms with Crippen molar-refractivity contribution in [1.82, 2.24) is 10.6 Å². The fourth-order valence-corrected chi connectivity index (χ4v) is 2.31. The normalized spacial score (nSPS) is 11.0. The van der Waals surface area contributed by atoms with Crippen LogP contribution in [0.4, 0.5) is 10.1 Å². The highest BCUT2D eigenvalue weighted by molar-refractivity contribution is 14.0. The molecule has 0 saturated heterocycles. The van der Waals surface area contributed by atoms with E-state index in [4.69, 9.17) is 4.74 Å². The highest BCUT2D eigenvalue weighted by Gasteiger charge is 2.09. The number of halogens is 2. The summed E-state index contributed by atoms with van der Waals surface area (Å²) in [5, 5.41) is 6.38. The van der Waals surface area contributed by atoms with E-state index >= 15 is 0 Å². The maximum absolute atomic E-state index is 14.2. The third-order valence-corrected chi connectivity index (χ3v) is 3.62. The summed E-state index contributed by atoms with van der Waals surface area (Å²) in [4.78, 5) is 6.15. The Morgan fingerprint density at radius 1 is 1.25 bits per heavy atom. The number of methoxy groups -OCH3 is 1. The summed E-state index contributed by atoms with van der Waals surface area (Å²) in [6, 6.07) is 5.37. The first kappa shape index (κ1) is 22.9. The number of anilines is 1. The number of nitrogens with one attached hydrogen (secondary N) is 2. The van der Waals surface area contributed by atoms with E-state index in [0.29, 0.717) is 24.8 Å². The monoisotopic (exact) mass is 452 g/mol. The minimum Gasteiger partial charge on any atom is -0.385 e. The van der Waals surface area contributed by atoms with Crippen LogP contribution in [0.2, 0.25) is 0 Å². The van der Waals surface area contributed by atoms with Crippen LogP contribution in [-0.2, 0) is 11.3 Å². The number of ether oxygens (including phenoxy) is 1. The number of nitrogens with zero attached hydrogens (tertiary/aromatic N) is 2. The van der Waals surface area contributed by atoms with Crippen LogP contribution in [0.25, 0.3) is 0 Å². The van der Waals surface area contributed by atoms with E-state index in [2.05, 4.69) is 15.6 Å². The molecule has 138 valence electrons. The molecule has 1 rings (SSSR count). The van der Waals surface area contributed by atoms with Crippen molar-refractivity contribution in [2.75, 3.05) is 45.3 Å². The SMILES string of the molecule is CCN(CC)c1ccc(CNC(=NC)NCCCOC)cc1F.I. The first-order chi connectivity index (χ1) is 11.2. The number of rotatable bonds is 9. The zero-order chi connectivity index (χ0) is 17.1. The van der Waals surface area contributed by atoms with Crippen LogP contribution in [0.3, 0.4) is 0 Å². The van der Waals surface area contributed by atoms with Crippen molar-refractivity contribution >= 4 is 35.6 Å². The van der Waals surface area contributed by atoms with Gasteiger partial charge in [0.15, 0.2) is 5.96 Å². The Labute approximate surface area is 162 Å². The lowest BCUT2D eigenvalue weighted by atomic mass is 10.2. The summed E-state index contributed by atoms with van der Waals surface area (Å²) in [6.07, 6.45) is 0.907. The minimum absolute atomic E-state index is 0. The molecule has 0 aromatic heterocycles. The molecule has 0 radical (unpaired) electrons. The third-order valence-electron chi connectivity index (χ3n) is 3.62. The van der Waals surface area contributed by atoms with Gasteiger partial charge in [-0.25, -0.2) is 4.39 Å². The van der Waals surface area contributed by atoms with Crippen molar-refractivity contribution < 1.29 is 9.13 Å². The van der Waals surface area contributed by atoms with Crippen LogP contribution >= 0.6 is 24.0 Å². The number of benzene rings is 1. The summed E-state index contributed by atoms with van der Waals surface area (Å²) in [7, 11) is 3.40. The van der Waals surface area contributed by atoms with Crippen LogP contribution < -0.4 is 15.5 Å². The van der Waals surface area contributed by atoms with Crippen molar-refractivity contribution in [2.45, 2.75) is 26.8 Å².